The molecule has 2 rings (SSSR count). The highest BCUT2D eigenvalue weighted by Gasteiger charge is 2.60. The van der Waals surface area contributed by atoms with Crippen LogP contribution in [-0.4, -0.2) is 95.7 Å². The first-order chi connectivity index (χ1) is 20.1. The summed E-state index contributed by atoms with van der Waals surface area (Å²) in [5, 5.41) is 0. The second-order valence-electron chi connectivity index (χ2n) is 9.52. The molecule has 6 atom stereocenters. The van der Waals surface area contributed by atoms with Crippen LogP contribution in [0.25, 0.3) is 0 Å². The Morgan fingerprint density at radius 2 is 1.47 bits per heavy atom. The molecule has 0 aliphatic carbocycles. The highest BCUT2D eigenvalue weighted by molar-refractivity contribution is 8.01. The molecular formula is C28H35NO13S. The summed E-state index contributed by atoms with van der Waals surface area (Å²) in [4.78, 5) is 87.0. The summed E-state index contributed by atoms with van der Waals surface area (Å²) < 4.78 is 33.1. The molecule has 0 unspecified atom stereocenters. The zero-order chi connectivity index (χ0) is 32.5. The second kappa shape index (κ2) is 15.5. The summed E-state index contributed by atoms with van der Waals surface area (Å²) in [6.45, 7) is 5.77. The molecule has 0 radical (unpaired) electrons. The standard InChI is InChI=1S/C28H35NO13S/c1-15(30)29(16(2)31)24-22(39-18(4)33)13-28(27(36)37-7,43-21-11-9-8-10-12-21)42-26(24)25(41-20(6)35)23(40-19(5)34)14-38-17(3)32/h8-12,22-26H,13-14H2,1-7H3/t22-,23+,24+,25+,26+,28-/m0/s1. The number of hydrogen-bond acceptors (Lipinski definition) is 14. The average molecular weight is 626 g/mol. The van der Waals surface area contributed by atoms with Crippen LogP contribution in [0.2, 0.25) is 0 Å². The van der Waals surface area contributed by atoms with Crippen LogP contribution in [0.5, 0.6) is 0 Å². The van der Waals surface area contributed by atoms with E-state index in [0.717, 1.165) is 65.3 Å². The van der Waals surface area contributed by atoms with E-state index >= 15 is 0 Å². The van der Waals surface area contributed by atoms with Crippen molar-refractivity contribution in [3.05, 3.63) is 30.3 Å². The zero-order valence-corrected chi connectivity index (χ0v) is 25.7. The summed E-state index contributed by atoms with van der Waals surface area (Å²) in [5.41, 5.74) is 0. The molecule has 1 saturated heterocycles. The predicted molar refractivity (Wildman–Crippen MR) is 147 cm³/mol. The van der Waals surface area contributed by atoms with E-state index in [1.165, 1.54) is 0 Å². The van der Waals surface area contributed by atoms with Crippen LogP contribution >= 0.6 is 11.8 Å². The maximum Gasteiger partial charge on any atom is 0.349 e. The number of esters is 5. The number of amides is 2. The van der Waals surface area contributed by atoms with Gasteiger partial charge in [-0.3, -0.25) is 33.7 Å². The van der Waals surface area contributed by atoms with Gasteiger partial charge in [0, 0.05) is 52.9 Å². The Morgan fingerprint density at radius 3 is 1.93 bits per heavy atom. The van der Waals surface area contributed by atoms with E-state index in [1.54, 1.807) is 30.3 Å². The molecule has 0 spiro atoms. The van der Waals surface area contributed by atoms with Crippen molar-refractivity contribution >= 4 is 53.4 Å². The molecule has 1 aliphatic rings. The third-order valence-electron chi connectivity index (χ3n) is 6.09. The maximum atomic E-state index is 13.5. The summed E-state index contributed by atoms with van der Waals surface area (Å²) in [7, 11) is 1.10. The molecule has 1 heterocycles. The number of carbonyl (C=O) groups excluding carboxylic acids is 7. The number of imide groups is 1. The second-order valence-corrected chi connectivity index (χ2v) is 10.9. The van der Waals surface area contributed by atoms with Gasteiger partial charge in [0.1, 0.15) is 24.9 Å². The quantitative estimate of drug-likeness (QED) is 0.255. The Hall–Kier alpha value is -3.98. The van der Waals surface area contributed by atoms with Crippen LogP contribution in [0, 0.1) is 0 Å². The van der Waals surface area contributed by atoms with E-state index < -0.39 is 90.1 Å². The van der Waals surface area contributed by atoms with Gasteiger partial charge in [-0.1, -0.05) is 30.0 Å². The van der Waals surface area contributed by atoms with Crippen LogP contribution in [0.1, 0.15) is 48.0 Å². The van der Waals surface area contributed by atoms with Crippen LogP contribution in [0.3, 0.4) is 0 Å². The molecule has 1 fully saturated rings. The van der Waals surface area contributed by atoms with Gasteiger partial charge in [0.25, 0.3) is 0 Å². The van der Waals surface area contributed by atoms with Gasteiger partial charge < -0.3 is 28.4 Å². The highest BCUT2D eigenvalue weighted by Crippen LogP contribution is 2.47. The fraction of sp³-hybridized carbons (Fsp3) is 0.536. The fourth-order valence-corrected chi connectivity index (χ4v) is 5.95. The van der Waals surface area contributed by atoms with E-state index in [1.807, 2.05) is 0 Å². The Bertz CT molecular complexity index is 1210. The number of nitrogens with zero attached hydrogens (tertiary/aromatic N) is 1. The van der Waals surface area contributed by atoms with Gasteiger partial charge in [0.05, 0.1) is 7.11 Å². The number of benzene rings is 1. The Labute approximate surface area is 252 Å². The number of hydrogen-bond donors (Lipinski definition) is 0. The van der Waals surface area contributed by atoms with Crippen molar-refractivity contribution in [1.29, 1.82) is 0 Å². The smallest absolute Gasteiger partial charge is 0.349 e. The zero-order valence-electron chi connectivity index (χ0n) is 24.9. The van der Waals surface area contributed by atoms with Gasteiger partial charge >= 0.3 is 29.8 Å². The molecule has 1 aliphatic heterocycles. The van der Waals surface area contributed by atoms with Crippen LogP contribution in [0.15, 0.2) is 35.2 Å². The van der Waals surface area contributed by atoms with Crippen LogP contribution in [0.4, 0.5) is 0 Å². The minimum Gasteiger partial charge on any atom is -0.466 e. The van der Waals surface area contributed by atoms with Crippen molar-refractivity contribution < 1.29 is 62.0 Å². The van der Waals surface area contributed by atoms with Crippen molar-refractivity contribution in [3.8, 4) is 0 Å². The number of thioether (sulfide) groups is 1. The Kier molecular flexibility index (Phi) is 12.7. The molecule has 0 bridgehead atoms. The van der Waals surface area contributed by atoms with Crippen molar-refractivity contribution in [3.63, 3.8) is 0 Å². The summed E-state index contributed by atoms with van der Waals surface area (Å²) >= 11 is 0.880. The minimum atomic E-state index is -2.02. The first-order valence-electron chi connectivity index (χ1n) is 13.1. The lowest BCUT2D eigenvalue weighted by molar-refractivity contribution is -0.233. The van der Waals surface area contributed by atoms with Gasteiger partial charge in [-0.2, -0.15) is 0 Å². The van der Waals surface area contributed by atoms with Gasteiger partial charge in [0.2, 0.25) is 16.7 Å². The third kappa shape index (κ3) is 9.51. The van der Waals surface area contributed by atoms with Crippen molar-refractivity contribution in [1.82, 2.24) is 4.90 Å². The normalized spacial score (nSPS) is 22.6. The summed E-state index contributed by atoms with van der Waals surface area (Å²) in [6, 6.07) is 6.96. The number of ether oxygens (including phenoxy) is 6. The van der Waals surface area contributed by atoms with E-state index in [0.29, 0.717) is 4.90 Å². The van der Waals surface area contributed by atoms with Crippen molar-refractivity contribution in [2.45, 2.75) is 88.2 Å². The number of carbonyl (C=O) groups is 7. The fourth-order valence-electron chi connectivity index (χ4n) is 4.70. The molecule has 14 nitrogen and oxygen atoms in total. The SMILES string of the molecule is COC(=O)[C@@]1(Sc2ccccc2)C[C@H](OC(C)=O)[C@@H](N(C(C)=O)C(C)=O)[C@H]([C@H](OC(C)=O)[C@@H](COC(C)=O)OC(C)=O)O1. The van der Waals surface area contributed by atoms with Gasteiger partial charge in [0.15, 0.2) is 12.2 Å². The van der Waals surface area contributed by atoms with Crippen molar-refractivity contribution in [2.24, 2.45) is 0 Å². The van der Waals surface area contributed by atoms with Gasteiger partial charge in [-0.15, -0.1) is 0 Å². The topological polar surface area (TPSA) is 178 Å². The average Bonchev–Trinajstić information content (AvgIpc) is 2.90. The number of methoxy groups -OCH3 is 1. The molecular weight excluding hydrogens is 590 g/mol. The predicted octanol–water partition coefficient (Wildman–Crippen LogP) is 1.56. The molecule has 15 heteroatoms. The first-order valence-corrected chi connectivity index (χ1v) is 13.9. The molecule has 43 heavy (non-hydrogen) atoms. The van der Waals surface area contributed by atoms with Gasteiger partial charge in [-0.25, -0.2) is 4.79 Å². The molecule has 0 N–H and O–H groups in total. The van der Waals surface area contributed by atoms with Gasteiger partial charge in [-0.05, 0) is 12.1 Å². The number of rotatable bonds is 11. The largest absolute Gasteiger partial charge is 0.466 e. The van der Waals surface area contributed by atoms with E-state index in [2.05, 4.69) is 0 Å². The first kappa shape index (κ1) is 35.2. The van der Waals surface area contributed by atoms with Crippen LogP contribution < -0.4 is 0 Å². The molecule has 1 aromatic carbocycles. The summed E-state index contributed by atoms with van der Waals surface area (Å²) in [6.07, 6.45) is -6.84. The van der Waals surface area contributed by atoms with E-state index in [4.69, 9.17) is 28.4 Å². The molecule has 1 aromatic rings. The van der Waals surface area contributed by atoms with Crippen molar-refractivity contribution in [2.75, 3.05) is 13.7 Å². The lowest BCUT2D eigenvalue weighted by Crippen LogP contribution is -2.69. The Balaban J connectivity index is 2.92. The molecule has 236 valence electrons. The Morgan fingerprint density at radius 1 is 0.884 bits per heavy atom. The molecule has 0 aromatic heterocycles. The third-order valence-corrected chi connectivity index (χ3v) is 7.36. The van der Waals surface area contributed by atoms with E-state index in [-0.39, 0.29) is 0 Å². The lowest BCUT2D eigenvalue weighted by atomic mass is 9.88. The van der Waals surface area contributed by atoms with Crippen LogP contribution in [-0.2, 0) is 62.0 Å². The monoisotopic (exact) mass is 625 g/mol. The lowest BCUT2D eigenvalue weighted by Gasteiger charge is -2.50. The highest BCUT2D eigenvalue weighted by atomic mass is 32.2. The summed E-state index contributed by atoms with van der Waals surface area (Å²) in [5.74, 6) is -5.92. The maximum absolute atomic E-state index is 13.5. The molecule has 2 amide bonds. The minimum absolute atomic E-state index is 0.425. The molecule has 0 saturated carbocycles. The van der Waals surface area contributed by atoms with E-state index in [9.17, 15) is 33.6 Å².